The molecule has 17 heavy (non-hydrogen) atoms. The molecule has 0 saturated heterocycles. The molecule has 2 heterocycles. The maximum Gasteiger partial charge on any atom is 0.138 e. The van der Waals surface area contributed by atoms with Gasteiger partial charge < -0.3 is 10.7 Å². The molecule has 0 aliphatic carbocycles. The van der Waals surface area contributed by atoms with E-state index in [1.54, 1.807) is 12.3 Å². The van der Waals surface area contributed by atoms with E-state index in [0.29, 0.717) is 5.92 Å². The summed E-state index contributed by atoms with van der Waals surface area (Å²) in [5.41, 5.74) is 9.76. The van der Waals surface area contributed by atoms with E-state index >= 15 is 0 Å². The van der Waals surface area contributed by atoms with Gasteiger partial charge in [-0.2, -0.15) is 0 Å². The van der Waals surface area contributed by atoms with Gasteiger partial charge in [-0.3, -0.25) is 0 Å². The van der Waals surface area contributed by atoms with E-state index in [4.69, 9.17) is 5.73 Å². The topological polar surface area (TPSA) is 54.7 Å². The second-order valence-corrected chi connectivity index (χ2v) is 4.36. The van der Waals surface area contributed by atoms with Gasteiger partial charge in [0.05, 0.1) is 0 Å². The highest BCUT2D eigenvalue weighted by atomic mass is 14.9. The van der Waals surface area contributed by atoms with Crippen LogP contribution in [0.5, 0.6) is 0 Å². The maximum absolute atomic E-state index is 6.01. The first-order valence-corrected chi connectivity index (χ1v) is 5.69. The number of pyridine rings is 1. The Balaban J connectivity index is 2.66. The van der Waals surface area contributed by atoms with Crippen molar-refractivity contribution in [2.24, 2.45) is 11.7 Å². The van der Waals surface area contributed by atoms with Gasteiger partial charge in [-0.25, -0.2) is 4.98 Å². The summed E-state index contributed by atoms with van der Waals surface area (Å²) < 4.78 is 0. The molecule has 0 saturated carbocycles. The van der Waals surface area contributed by atoms with E-state index in [2.05, 4.69) is 30.4 Å². The first kappa shape index (κ1) is 11.5. The molecule has 88 valence electrons. The lowest BCUT2D eigenvalue weighted by Gasteiger charge is -2.04. The Hall–Kier alpha value is -2.03. The molecule has 0 aromatic carbocycles. The third-order valence-corrected chi connectivity index (χ3v) is 2.82. The molecule has 3 N–H and O–H groups in total. The Bertz CT molecular complexity index is 576. The summed E-state index contributed by atoms with van der Waals surface area (Å²) in [5, 5.41) is 1.08. The van der Waals surface area contributed by atoms with Gasteiger partial charge in [0.1, 0.15) is 5.65 Å². The molecule has 0 fully saturated rings. The van der Waals surface area contributed by atoms with Gasteiger partial charge in [0, 0.05) is 28.5 Å². The van der Waals surface area contributed by atoms with Gasteiger partial charge in [0.15, 0.2) is 0 Å². The van der Waals surface area contributed by atoms with Crippen molar-refractivity contribution in [2.45, 2.75) is 13.8 Å². The highest BCUT2D eigenvalue weighted by Gasteiger charge is 2.08. The predicted octanol–water partition coefficient (Wildman–Crippen LogP) is 3.16. The molecule has 0 atom stereocenters. The Kier molecular flexibility index (Phi) is 3.00. The number of H-pyrrole nitrogens is 1. The van der Waals surface area contributed by atoms with Gasteiger partial charge in [-0.15, -0.1) is 0 Å². The highest BCUT2D eigenvalue weighted by molar-refractivity contribution is 5.91. The lowest BCUT2D eigenvalue weighted by atomic mass is 10.1. The SMILES string of the molecule is C=Cc1[nH]c2ncccc2c1/C=C(\N)C(C)C. The Morgan fingerprint density at radius 3 is 2.94 bits per heavy atom. The van der Waals surface area contributed by atoms with Crippen LogP contribution in [0.3, 0.4) is 0 Å². The van der Waals surface area contributed by atoms with Crippen LogP contribution in [0.1, 0.15) is 25.1 Å². The average molecular weight is 227 g/mol. The molecule has 3 heteroatoms. The molecule has 0 spiro atoms. The number of aromatic amines is 1. The van der Waals surface area contributed by atoms with E-state index in [0.717, 1.165) is 28.0 Å². The van der Waals surface area contributed by atoms with Crippen LogP contribution >= 0.6 is 0 Å². The molecular weight excluding hydrogens is 210 g/mol. The molecule has 2 aromatic rings. The number of nitrogens with zero attached hydrogens (tertiary/aromatic N) is 1. The minimum atomic E-state index is 0.328. The zero-order chi connectivity index (χ0) is 12.4. The lowest BCUT2D eigenvalue weighted by molar-refractivity contribution is 0.764. The van der Waals surface area contributed by atoms with Crippen molar-refractivity contribution >= 4 is 23.2 Å². The number of hydrogen-bond donors (Lipinski definition) is 2. The molecule has 0 aliphatic rings. The van der Waals surface area contributed by atoms with Crippen molar-refractivity contribution in [2.75, 3.05) is 0 Å². The predicted molar refractivity (Wildman–Crippen MR) is 73.2 cm³/mol. The van der Waals surface area contributed by atoms with Crippen LogP contribution in [0.4, 0.5) is 0 Å². The van der Waals surface area contributed by atoms with Gasteiger partial charge >= 0.3 is 0 Å². The molecule has 0 aliphatic heterocycles. The zero-order valence-corrected chi connectivity index (χ0v) is 10.2. The largest absolute Gasteiger partial charge is 0.402 e. The number of aromatic nitrogens is 2. The standard InChI is InChI=1S/C14H17N3/c1-4-13-11(8-12(15)9(2)3)10-6-5-7-16-14(10)17-13/h4-9H,1,15H2,2-3H3,(H,16,17)/b12-8-. The number of hydrogen-bond acceptors (Lipinski definition) is 2. The first-order chi connectivity index (χ1) is 8.13. The Labute approximate surface area is 101 Å². The molecule has 0 unspecified atom stereocenters. The lowest BCUT2D eigenvalue weighted by Crippen LogP contribution is -2.04. The fraction of sp³-hybridized carbons (Fsp3) is 0.214. The highest BCUT2D eigenvalue weighted by Crippen LogP contribution is 2.24. The Morgan fingerprint density at radius 1 is 1.53 bits per heavy atom. The number of nitrogens with one attached hydrogen (secondary N) is 1. The summed E-state index contributed by atoms with van der Waals surface area (Å²) in [6, 6.07) is 3.96. The monoisotopic (exact) mass is 227 g/mol. The van der Waals surface area contributed by atoms with E-state index < -0.39 is 0 Å². The van der Waals surface area contributed by atoms with E-state index in [9.17, 15) is 0 Å². The van der Waals surface area contributed by atoms with Crippen LogP contribution in [0, 0.1) is 5.92 Å². The molecule has 3 nitrogen and oxygen atoms in total. The van der Waals surface area contributed by atoms with E-state index in [1.165, 1.54) is 0 Å². The third-order valence-electron chi connectivity index (χ3n) is 2.82. The molecule has 2 rings (SSSR count). The maximum atomic E-state index is 6.01. The summed E-state index contributed by atoms with van der Waals surface area (Å²) in [6.07, 6.45) is 5.56. The third kappa shape index (κ3) is 2.09. The summed E-state index contributed by atoms with van der Waals surface area (Å²) in [5.74, 6) is 0.328. The van der Waals surface area contributed by atoms with Crippen LogP contribution in [0.25, 0.3) is 23.2 Å². The van der Waals surface area contributed by atoms with Crippen LogP contribution in [0.2, 0.25) is 0 Å². The Morgan fingerprint density at radius 2 is 2.29 bits per heavy atom. The molecule has 0 amide bonds. The number of allylic oxidation sites excluding steroid dienone is 1. The van der Waals surface area contributed by atoms with Gasteiger partial charge in [-0.05, 0) is 30.2 Å². The smallest absolute Gasteiger partial charge is 0.138 e. The quantitative estimate of drug-likeness (QED) is 0.846. The van der Waals surface area contributed by atoms with Gasteiger partial charge in [-0.1, -0.05) is 20.4 Å². The minimum absolute atomic E-state index is 0.328. The van der Waals surface area contributed by atoms with Crippen molar-refractivity contribution in [3.8, 4) is 0 Å². The number of fused-ring (bicyclic) bond motifs is 1. The van der Waals surface area contributed by atoms with Gasteiger partial charge in [0.2, 0.25) is 0 Å². The first-order valence-electron chi connectivity index (χ1n) is 5.69. The van der Waals surface area contributed by atoms with Crippen LogP contribution in [0.15, 0.2) is 30.6 Å². The van der Waals surface area contributed by atoms with Crippen molar-refractivity contribution in [1.29, 1.82) is 0 Å². The normalized spacial score (nSPS) is 12.3. The molecular formula is C14H17N3. The zero-order valence-electron chi connectivity index (χ0n) is 10.2. The summed E-state index contributed by atoms with van der Waals surface area (Å²) in [4.78, 5) is 7.52. The summed E-state index contributed by atoms with van der Waals surface area (Å²) >= 11 is 0. The second kappa shape index (κ2) is 4.45. The molecule has 0 radical (unpaired) electrons. The average Bonchev–Trinajstić information content (AvgIpc) is 2.67. The van der Waals surface area contributed by atoms with Crippen LogP contribution in [-0.4, -0.2) is 9.97 Å². The molecule has 2 aromatic heterocycles. The fourth-order valence-corrected chi connectivity index (χ4v) is 1.71. The van der Waals surface area contributed by atoms with Crippen molar-refractivity contribution in [1.82, 2.24) is 9.97 Å². The van der Waals surface area contributed by atoms with Crippen molar-refractivity contribution < 1.29 is 0 Å². The fourth-order valence-electron chi connectivity index (χ4n) is 1.71. The summed E-state index contributed by atoms with van der Waals surface area (Å²) in [7, 11) is 0. The molecule has 0 bridgehead atoms. The number of rotatable bonds is 3. The van der Waals surface area contributed by atoms with Crippen molar-refractivity contribution in [3.63, 3.8) is 0 Å². The number of nitrogens with two attached hydrogens (primary N) is 1. The van der Waals surface area contributed by atoms with Crippen LogP contribution in [-0.2, 0) is 0 Å². The van der Waals surface area contributed by atoms with E-state index in [1.807, 2.05) is 18.2 Å². The van der Waals surface area contributed by atoms with E-state index in [-0.39, 0.29) is 0 Å². The minimum Gasteiger partial charge on any atom is -0.402 e. The van der Waals surface area contributed by atoms with Crippen LogP contribution < -0.4 is 5.73 Å². The van der Waals surface area contributed by atoms with Crippen molar-refractivity contribution in [3.05, 3.63) is 41.9 Å². The summed E-state index contributed by atoms with van der Waals surface area (Å²) in [6.45, 7) is 7.96. The van der Waals surface area contributed by atoms with Gasteiger partial charge in [0.25, 0.3) is 0 Å². The second-order valence-electron chi connectivity index (χ2n) is 4.36.